The Morgan fingerprint density at radius 2 is 2.19 bits per heavy atom. The van der Waals surface area contributed by atoms with Crippen LogP contribution in [0.5, 0.6) is 0 Å². The van der Waals surface area contributed by atoms with Crippen molar-refractivity contribution in [2.45, 2.75) is 46.1 Å². The summed E-state index contributed by atoms with van der Waals surface area (Å²) in [6.45, 7) is 9.63. The van der Waals surface area contributed by atoms with Crippen LogP contribution in [0.3, 0.4) is 0 Å². The molecule has 2 heteroatoms. The van der Waals surface area contributed by atoms with Gasteiger partial charge in [-0.25, -0.2) is 0 Å². The Bertz CT molecular complexity index is 502. The van der Waals surface area contributed by atoms with Crippen LogP contribution in [0.25, 0.3) is 0 Å². The van der Waals surface area contributed by atoms with Gasteiger partial charge in [-0.15, -0.1) is 0 Å². The fraction of sp³-hybridized carbons (Fsp3) is 0.474. The number of rotatable bonds is 6. The lowest BCUT2D eigenvalue weighted by Crippen LogP contribution is -2.34. The van der Waals surface area contributed by atoms with E-state index in [0.717, 1.165) is 26.1 Å². The van der Waals surface area contributed by atoms with Gasteiger partial charge < -0.3 is 10.2 Å². The van der Waals surface area contributed by atoms with E-state index in [9.17, 15) is 0 Å². The fourth-order valence-corrected chi connectivity index (χ4v) is 2.84. The molecule has 0 radical (unpaired) electrons. The molecule has 1 aliphatic rings. The highest BCUT2D eigenvalue weighted by molar-refractivity contribution is 5.33. The van der Waals surface area contributed by atoms with Gasteiger partial charge in [0, 0.05) is 31.2 Å². The lowest BCUT2D eigenvalue weighted by atomic mass is 9.90. The lowest BCUT2D eigenvalue weighted by Gasteiger charge is -2.31. The van der Waals surface area contributed by atoms with Gasteiger partial charge in [-0.1, -0.05) is 49.8 Å². The lowest BCUT2D eigenvalue weighted by molar-refractivity contribution is 0.392. The minimum absolute atomic E-state index is 0.552. The number of hydrogen-bond donors (Lipinski definition) is 1. The molecular formula is C19H28N2. The van der Waals surface area contributed by atoms with Gasteiger partial charge >= 0.3 is 0 Å². The number of benzene rings is 1. The molecule has 0 aromatic heterocycles. The molecule has 114 valence electrons. The molecule has 0 fully saturated rings. The van der Waals surface area contributed by atoms with Crippen LogP contribution in [0, 0.1) is 0 Å². The van der Waals surface area contributed by atoms with Crippen LogP contribution in [0.1, 0.15) is 50.7 Å². The van der Waals surface area contributed by atoms with Crippen LogP contribution in [0.15, 0.2) is 48.3 Å². The second-order valence-corrected chi connectivity index (χ2v) is 5.78. The quantitative estimate of drug-likeness (QED) is 0.832. The summed E-state index contributed by atoms with van der Waals surface area (Å²) in [4.78, 5) is 2.39. The largest absolute Gasteiger partial charge is 0.352 e. The van der Waals surface area contributed by atoms with Gasteiger partial charge in [0.1, 0.15) is 0 Å². The number of nitrogens with zero attached hydrogens (tertiary/aromatic N) is 1. The van der Waals surface area contributed by atoms with Crippen LogP contribution in [-0.4, -0.2) is 18.0 Å². The van der Waals surface area contributed by atoms with E-state index >= 15 is 0 Å². The van der Waals surface area contributed by atoms with Gasteiger partial charge in [0.2, 0.25) is 0 Å². The molecule has 0 amide bonds. The van der Waals surface area contributed by atoms with Gasteiger partial charge in [0.05, 0.1) is 0 Å². The third-order valence-electron chi connectivity index (χ3n) is 4.23. The molecule has 0 aliphatic carbocycles. The number of allylic oxidation sites excluding steroid dienone is 3. The van der Waals surface area contributed by atoms with Crippen molar-refractivity contribution in [3.05, 3.63) is 59.4 Å². The van der Waals surface area contributed by atoms with Gasteiger partial charge in [-0.05, 0) is 37.6 Å². The first-order chi connectivity index (χ1) is 10.3. The van der Waals surface area contributed by atoms with Crippen molar-refractivity contribution in [1.29, 1.82) is 0 Å². The summed E-state index contributed by atoms with van der Waals surface area (Å²) in [5.74, 6) is 0.552. The zero-order valence-electron chi connectivity index (χ0n) is 13.6. The Morgan fingerprint density at radius 1 is 1.38 bits per heavy atom. The zero-order valence-corrected chi connectivity index (χ0v) is 13.6. The highest BCUT2D eigenvalue weighted by Gasteiger charge is 2.21. The zero-order chi connectivity index (χ0) is 15.1. The van der Waals surface area contributed by atoms with Crippen LogP contribution in [0.2, 0.25) is 0 Å². The van der Waals surface area contributed by atoms with E-state index < -0.39 is 0 Å². The van der Waals surface area contributed by atoms with Crippen molar-refractivity contribution in [3.63, 3.8) is 0 Å². The van der Waals surface area contributed by atoms with E-state index in [4.69, 9.17) is 0 Å². The smallest absolute Gasteiger partial charge is 0.0303 e. The number of unbranched alkanes of at least 4 members (excludes halogenated alkanes) is 1. The van der Waals surface area contributed by atoms with Crippen LogP contribution < -0.4 is 5.32 Å². The molecule has 1 unspecified atom stereocenters. The van der Waals surface area contributed by atoms with Crippen molar-refractivity contribution in [1.82, 2.24) is 10.2 Å². The number of nitrogens with one attached hydrogen (secondary N) is 1. The molecule has 1 aromatic carbocycles. The fourth-order valence-electron chi connectivity index (χ4n) is 2.84. The third-order valence-corrected chi connectivity index (χ3v) is 4.23. The first-order valence-electron chi connectivity index (χ1n) is 8.11. The summed E-state index contributed by atoms with van der Waals surface area (Å²) in [5, 5.41) is 3.55. The molecule has 1 aromatic rings. The SMILES string of the molecule is C/C=C(/C)N(/C=C/CCC)CC1CNCc2ccccc21. The summed E-state index contributed by atoms with van der Waals surface area (Å²) in [6.07, 6.45) is 9.09. The van der Waals surface area contributed by atoms with Gasteiger partial charge in [0.25, 0.3) is 0 Å². The Hall–Kier alpha value is -1.54. The number of fused-ring (bicyclic) bond motifs is 1. The van der Waals surface area contributed by atoms with Crippen molar-refractivity contribution in [2.24, 2.45) is 0 Å². The van der Waals surface area contributed by atoms with Crippen molar-refractivity contribution >= 4 is 0 Å². The van der Waals surface area contributed by atoms with Crippen molar-refractivity contribution in [3.8, 4) is 0 Å². The molecule has 1 atom stereocenters. The summed E-state index contributed by atoms with van der Waals surface area (Å²) in [6, 6.07) is 8.84. The highest BCUT2D eigenvalue weighted by Crippen LogP contribution is 2.25. The molecule has 0 saturated heterocycles. The summed E-state index contributed by atoms with van der Waals surface area (Å²) >= 11 is 0. The topological polar surface area (TPSA) is 15.3 Å². The Balaban J connectivity index is 2.14. The van der Waals surface area contributed by atoms with E-state index in [2.05, 4.69) is 73.6 Å². The molecule has 1 N–H and O–H groups in total. The average molecular weight is 284 g/mol. The highest BCUT2D eigenvalue weighted by atomic mass is 15.1. The maximum Gasteiger partial charge on any atom is 0.0303 e. The maximum atomic E-state index is 3.55. The molecule has 0 bridgehead atoms. The van der Waals surface area contributed by atoms with E-state index in [0.29, 0.717) is 5.92 Å². The average Bonchev–Trinajstić information content (AvgIpc) is 2.53. The predicted molar refractivity (Wildman–Crippen MR) is 91.1 cm³/mol. The molecule has 1 aliphatic heterocycles. The second-order valence-electron chi connectivity index (χ2n) is 5.78. The summed E-state index contributed by atoms with van der Waals surface area (Å²) in [5.41, 5.74) is 4.28. The monoisotopic (exact) mass is 284 g/mol. The molecular weight excluding hydrogens is 256 g/mol. The van der Waals surface area contributed by atoms with Crippen molar-refractivity contribution in [2.75, 3.05) is 13.1 Å². The van der Waals surface area contributed by atoms with Crippen LogP contribution in [0.4, 0.5) is 0 Å². The maximum absolute atomic E-state index is 3.55. The van der Waals surface area contributed by atoms with E-state index in [1.165, 1.54) is 23.2 Å². The molecule has 0 spiro atoms. The normalized spacial score (nSPS) is 18.8. The first-order valence-corrected chi connectivity index (χ1v) is 8.11. The molecule has 0 saturated carbocycles. The van der Waals surface area contributed by atoms with Crippen LogP contribution >= 0.6 is 0 Å². The molecule has 21 heavy (non-hydrogen) atoms. The minimum Gasteiger partial charge on any atom is -0.352 e. The molecule has 1 heterocycles. The predicted octanol–water partition coefficient (Wildman–Crippen LogP) is 4.41. The van der Waals surface area contributed by atoms with Crippen molar-refractivity contribution < 1.29 is 0 Å². The Labute approximate surface area is 129 Å². The van der Waals surface area contributed by atoms with Gasteiger partial charge in [0.15, 0.2) is 0 Å². The minimum atomic E-state index is 0.552. The van der Waals surface area contributed by atoms with Gasteiger partial charge in [-0.2, -0.15) is 0 Å². The van der Waals surface area contributed by atoms with E-state index in [-0.39, 0.29) is 0 Å². The molecule has 2 nitrogen and oxygen atoms in total. The van der Waals surface area contributed by atoms with E-state index in [1.54, 1.807) is 0 Å². The Kier molecular flexibility index (Phi) is 6.06. The number of hydrogen-bond acceptors (Lipinski definition) is 2. The summed E-state index contributed by atoms with van der Waals surface area (Å²) in [7, 11) is 0. The summed E-state index contributed by atoms with van der Waals surface area (Å²) < 4.78 is 0. The first kappa shape index (κ1) is 15.8. The van der Waals surface area contributed by atoms with E-state index in [1.807, 2.05) is 0 Å². The second kappa shape index (κ2) is 8.04. The molecule has 2 rings (SSSR count). The third kappa shape index (κ3) is 4.21. The van der Waals surface area contributed by atoms with Crippen LogP contribution in [-0.2, 0) is 6.54 Å². The van der Waals surface area contributed by atoms with Gasteiger partial charge in [-0.3, -0.25) is 0 Å². The Morgan fingerprint density at radius 3 is 2.95 bits per heavy atom. The standard InChI is InChI=1S/C19H28N2/c1-4-6-9-12-21(16(3)5-2)15-18-14-20-13-17-10-7-8-11-19(17)18/h5,7-12,18,20H,4,6,13-15H2,1-3H3/b12-9+,16-5-.